The van der Waals surface area contributed by atoms with Gasteiger partial charge >= 0.3 is 0 Å². The molecule has 1 fully saturated rings. The maximum atomic E-state index is 12.6. The number of aromatic nitrogens is 5. The molecule has 0 saturated heterocycles. The average Bonchev–Trinajstić information content (AvgIpc) is 3.43. The van der Waals surface area contributed by atoms with Crippen molar-refractivity contribution in [3.63, 3.8) is 0 Å². The second kappa shape index (κ2) is 7.68. The van der Waals surface area contributed by atoms with Crippen LogP contribution in [0.5, 0.6) is 0 Å². The van der Waals surface area contributed by atoms with Crippen LogP contribution in [0.2, 0.25) is 0 Å². The highest BCUT2D eigenvalue weighted by Gasteiger charge is 2.27. The first-order valence-electron chi connectivity index (χ1n) is 9.95. The summed E-state index contributed by atoms with van der Waals surface area (Å²) in [7, 11) is 0. The number of rotatable bonds is 6. The van der Waals surface area contributed by atoms with Crippen LogP contribution in [0.3, 0.4) is 0 Å². The molecule has 0 aliphatic heterocycles. The van der Waals surface area contributed by atoms with Crippen molar-refractivity contribution in [2.24, 2.45) is 0 Å². The fourth-order valence-electron chi connectivity index (χ4n) is 3.80. The third-order valence-electron chi connectivity index (χ3n) is 5.33. The van der Waals surface area contributed by atoms with Gasteiger partial charge in [-0.05, 0) is 70.9 Å². The van der Waals surface area contributed by atoms with Gasteiger partial charge in [0.15, 0.2) is 5.65 Å². The number of carbonyl (C=O) groups is 1. The predicted molar refractivity (Wildman–Crippen MR) is 118 cm³/mol. The fourth-order valence-corrected chi connectivity index (χ4v) is 4.12. The van der Waals surface area contributed by atoms with Crippen molar-refractivity contribution in [2.75, 3.05) is 5.32 Å². The lowest BCUT2D eigenvalue weighted by atomic mass is 10.1. The molecule has 8 heteroatoms. The molecule has 30 heavy (non-hydrogen) atoms. The Balaban J connectivity index is 1.28. The smallest absolute Gasteiger partial charge is 0.246 e. The molecule has 1 amide bonds. The minimum absolute atomic E-state index is 0.123. The van der Waals surface area contributed by atoms with E-state index in [-0.39, 0.29) is 12.5 Å². The zero-order chi connectivity index (χ0) is 20.7. The Morgan fingerprint density at radius 1 is 1.23 bits per heavy atom. The number of fused-ring (bicyclic) bond motifs is 1. The van der Waals surface area contributed by atoms with E-state index in [0.717, 1.165) is 32.5 Å². The molecule has 1 aromatic carbocycles. The number of amides is 1. The Kier molecular flexibility index (Phi) is 4.86. The Morgan fingerprint density at radius 2 is 2.03 bits per heavy atom. The zero-order valence-corrected chi connectivity index (χ0v) is 18.1. The Bertz CT molecular complexity index is 1220. The molecule has 0 bridgehead atoms. The van der Waals surface area contributed by atoms with Crippen molar-refractivity contribution < 1.29 is 4.79 Å². The average molecular weight is 465 g/mol. The molecule has 0 radical (unpaired) electrons. The molecule has 1 aliphatic rings. The number of pyridine rings is 1. The van der Waals surface area contributed by atoms with Gasteiger partial charge in [0, 0.05) is 23.5 Å². The van der Waals surface area contributed by atoms with Crippen LogP contribution >= 0.6 is 15.9 Å². The number of carbonyl (C=O) groups excluding carboxylic acids is 1. The summed E-state index contributed by atoms with van der Waals surface area (Å²) in [5, 5.41) is 12.9. The Labute approximate surface area is 182 Å². The van der Waals surface area contributed by atoms with Crippen molar-refractivity contribution in [3.8, 4) is 0 Å². The molecular formula is C22H21BrN6O. The number of benzene rings is 1. The van der Waals surface area contributed by atoms with Gasteiger partial charge in [-0.15, -0.1) is 0 Å². The van der Waals surface area contributed by atoms with Gasteiger partial charge in [0.1, 0.15) is 6.54 Å². The Hall–Kier alpha value is -3.00. The summed E-state index contributed by atoms with van der Waals surface area (Å²) in [6.07, 6.45) is 7.95. The molecule has 7 nitrogen and oxygen atoms in total. The topological polar surface area (TPSA) is 77.6 Å². The van der Waals surface area contributed by atoms with Gasteiger partial charge in [-0.2, -0.15) is 10.2 Å². The van der Waals surface area contributed by atoms with Gasteiger partial charge < -0.3 is 5.32 Å². The van der Waals surface area contributed by atoms with Crippen LogP contribution in [0.4, 0.5) is 5.69 Å². The molecule has 1 N–H and O–H groups in total. The first-order chi connectivity index (χ1) is 14.6. The van der Waals surface area contributed by atoms with Crippen LogP contribution < -0.4 is 5.32 Å². The van der Waals surface area contributed by atoms with Crippen molar-refractivity contribution in [2.45, 2.75) is 38.8 Å². The summed E-state index contributed by atoms with van der Waals surface area (Å²) in [4.78, 5) is 17.1. The highest BCUT2D eigenvalue weighted by molar-refractivity contribution is 9.10. The maximum absolute atomic E-state index is 12.6. The second-order valence-corrected chi connectivity index (χ2v) is 8.63. The first kappa shape index (κ1) is 19.0. The zero-order valence-electron chi connectivity index (χ0n) is 16.5. The van der Waals surface area contributed by atoms with E-state index >= 15 is 0 Å². The third kappa shape index (κ3) is 3.87. The van der Waals surface area contributed by atoms with Crippen LogP contribution in [0.15, 0.2) is 53.4 Å². The van der Waals surface area contributed by atoms with Crippen LogP contribution in [-0.4, -0.2) is 30.5 Å². The summed E-state index contributed by atoms with van der Waals surface area (Å²) in [5.74, 6) is 0.490. The Morgan fingerprint density at radius 3 is 2.73 bits per heavy atom. The van der Waals surface area contributed by atoms with E-state index in [4.69, 9.17) is 0 Å². The minimum Gasteiger partial charge on any atom is -0.324 e. The van der Waals surface area contributed by atoms with E-state index in [1.165, 1.54) is 18.4 Å². The quantitative estimate of drug-likeness (QED) is 0.462. The van der Waals surface area contributed by atoms with Crippen LogP contribution in [0, 0.1) is 6.92 Å². The van der Waals surface area contributed by atoms with E-state index in [1.54, 1.807) is 10.9 Å². The summed E-state index contributed by atoms with van der Waals surface area (Å²) in [5.41, 5.74) is 4.89. The van der Waals surface area contributed by atoms with Gasteiger partial charge in [-0.1, -0.05) is 12.1 Å². The number of hydrogen-bond acceptors (Lipinski definition) is 4. The lowest BCUT2D eigenvalue weighted by Gasteiger charge is -2.08. The van der Waals surface area contributed by atoms with E-state index in [0.29, 0.717) is 12.5 Å². The monoisotopic (exact) mass is 464 g/mol. The first-order valence-corrected chi connectivity index (χ1v) is 10.7. The molecule has 3 aromatic heterocycles. The highest BCUT2D eigenvalue weighted by atomic mass is 79.9. The molecule has 152 valence electrons. The highest BCUT2D eigenvalue weighted by Crippen LogP contribution is 2.43. The van der Waals surface area contributed by atoms with Crippen LogP contribution in [-0.2, 0) is 17.9 Å². The van der Waals surface area contributed by atoms with Gasteiger partial charge in [-0.25, -0.2) is 9.67 Å². The molecule has 5 rings (SSSR count). The number of aryl methyl sites for hydroxylation is 1. The summed E-state index contributed by atoms with van der Waals surface area (Å²) >= 11 is 3.40. The van der Waals surface area contributed by atoms with Crippen molar-refractivity contribution in [3.05, 3.63) is 70.2 Å². The van der Waals surface area contributed by atoms with E-state index in [1.807, 2.05) is 48.3 Å². The number of anilines is 1. The van der Waals surface area contributed by atoms with Crippen molar-refractivity contribution in [1.82, 2.24) is 24.5 Å². The predicted octanol–water partition coefficient (Wildman–Crippen LogP) is 4.26. The summed E-state index contributed by atoms with van der Waals surface area (Å²) in [6.45, 7) is 2.79. The lowest BCUT2D eigenvalue weighted by molar-refractivity contribution is -0.116. The van der Waals surface area contributed by atoms with Crippen LogP contribution in [0.1, 0.15) is 35.6 Å². The number of halogens is 1. The third-order valence-corrected chi connectivity index (χ3v) is 5.74. The van der Waals surface area contributed by atoms with Crippen molar-refractivity contribution in [1.29, 1.82) is 0 Å². The molecule has 0 unspecified atom stereocenters. The SMILES string of the molecule is Cc1nn(CC(=O)Nc2ccc(Cn3cc(Br)cn3)cc2)c2nccc(C3CC3)c12. The second-order valence-electron chi connectivity index (χ2n) is 7.72. The number of nitrogens with zero attached hydrogens (tertiary/aromatic N) is 5. The van der Waals surface area contributed by atoms with E-state index < -0.39 is 0 Å². The van der Waals surface area contributed by atoms with E-state index in [2.05, 4.69) is 42.5 Å². The number of nitrogens with one attached hydrogen (secondary N) is 1. The lowest BCUT2D eigenvalue weighted by Crippen LogP contribution is -2.19. The van der Waals surface area contributed by atoms with Gasteiger partial charge in [0.05, 0.1) is 22.9 Å². The number of hydrogen-bond donors (Lipinski definition) is 1. The fraction of sp³-hybridized carbons (Fsp3) is 0.273. The van der Waals surface area contributed by atoms with E-state index in [9.17, 15) is 4.79 Å². The largest absolute Gasteiger partial charge is 0.324 e. The summed E-state index contributed by atoms with van der Waals surface area (Å²) in [6, 6.07) is 9.87. The van der Waals surface area contributed by atoms with Gasteiger partial charge in [0.2, 0.25) is 5.91 Å². The molecule has 3 heterocycles. The van der Waals surface area contributed by atoms with Gasteiger partial charge in [0.25, 0.3) is 0 Å². The minimum atomic E-state index is -0.123. The standard InChI is InChI=1S/C22H21BrN6O/c1-14-21-19(16-4-5-16)8-9-24-22(21)29(27-14)13-20(30)26-18-6-2-15(3-7-18)11-28-12-17(23)10-25-28/h2-3,6-10,12,16H,4-5,11,13H2,1H3,(H,26,30). The maximum Gasteiger partial charge on any atom is 0.246 e. The summed E-state index contributed by atoms with van der Waals surface area (Å²) < 4.78 is 4.51. The van der Waals surface area contributed by atoms with Crippen LogP contribution in [0.25, 0.3) is 11.0 Å². The molecule has 1 saturated carbocycles. The van der Waals surface area contributed by atoms with Gasteiger partial charge in [-0.3, -0.25) is 9.48 Å². The molecule has 1 aliphatic carbocycles. The molecule has 0 atom stereocenters. The molecular weight excluding hydrogens is 444 g/mol. The molecule has 4 aromatic rings. The van der Waals surface area contributed by atoms with Crippen molar-refractivity contribution >= 4 is 38.6 Å². The molecule has 0 spiro atoms. The normalized spacial score (nSPS) is 13.7.